The Balaban J connectivity index is 1.65. The summed E-state index contributed by atoms with van der Waals surface area (Å²) in [4.78, 5) is 25.2. The Morgan fingerprint density at radius 2 is 2.04 bits per heavy atom. The van der Waals surface area contributed by atoms with Gasteiger partial charge in [-0.2, -0.15) is 0 Å². The molecule has 3 aliphatic carbocycles. The van der Waals surface area contributed by atoms with Crippen LogP contribution in [0.2, 0.25) is 0 Å². The van der Waals surface area contributed by atoms with E-state index in [1.54, 1.807) is 25.4 Å². The first kappa shape index (κ1) is 16.2. The Labute approximate surface area is 155 Å². The van der Waals surface area contributed by atoms with E-state index in [1.165, 1.54) is 11.7 Å². The van der Waals surface area contributed by atoms with Crippen LogP contribution in [-0.4, -0.2) is 32.6 Å². The van der Waals surface area contributed by atoms with Gasteiger partial charge in [0.05, 0.1) is 18.8 Å². The summed E-state index contributed by atoms with van der Waals surface area (Å²) in [5.74, 6) is -0.303. The maximum atomic E-state index is 12.7. The summed E-state index contributed by atoms with van der Waals surface area (Å²) in [6, 6.07) is 7.27. The molecule has 2 bridgehead atoms. The van der Waals surface area contributed by atoms with Crippen LogP contribution < -0.4 is 5.56 Å². The molecular formula is C20H20N4O3. The molecule has 138 valence electrons. The number of aryl methyl sites for hydroxylation is 1. The minimum atomic E-state index is -0.716. The SMILES string of the molecule is COC(=O)C(c1cn(C23CC(C2)C3)nn1)c1cccc2c(=O)n(C)ccc12. The fourth-order valence-corrected chi connectivity index (χ4v) is 4.53. The number of pyridine rings is 1. The highest BCUT2D eigenvalue weighted by molar-refractivity contribution is 5.92. The van der Waals surface area contributed by atoms with Gasteiger partial charge in [-0.3, -0.25) is 9.59 Å². The summed E-state index contributed by atoms with van der Waals surface area (Å²) in [6.07, 6.45) is 7.01. The van der Waals surface area contributed by atoms with Gasteiger partial charge in [0.2, 0.25) is 0 Å². The smallest absolute Gasteiger partial charge is 0.319 e. The first-order valence-corrected chi connectivity index (χ1v) is 9.11. The van der Waals surface area contributed by atoms with Gasteiger partial charge < -0.3 is 9.30 Å². The second kappa shape index (κ2) is 5.52. The predicted octanol–water partition coefficient (Wildman–Crippen LogP) is 1.94. The zero-order chi connectivity index (χ0) is 18.8. The lowest BCUT2D eigenvalue weighted by Gasteiger charge is -2.61. The third kappa shape index (κ3) is 2.20. The van der Waals surface area contributed by atoms with Crippen molar-refractivity contribution in [3.05, 3.63) is 58.3 Å². The molecule has 1 aromatic carbocycles. The number of hydrogen-bond acceptors (Lipinski definition) is 5. The maximum Gasteiger partial charge on any atom is 0.319 e. The highest BCUT2D eigenvalue weighted by Crippen LogP contribution is 2.61. The van der Waals surface area contributed by atoms with E-state index in [9.17, 15) is 9.59 Å². The summed E-state index contributed by atoms with van der Waals surface area (Å²) >= 11 is 0. The third-order valence-corrected chi connectivity index (χ3v) is 6.20. The summed E-state index contributed by atoms with van der Waals surface area (Å²) in [6.45, 7) is 0. The molecular weight excluding hydrogens is 344 g/mol. The number of methoxy groups -OCH3 is 1. The molecule has 0 aliphatic heterocycles. The molecule has 3 saturated carbocycles. The van der Waals surface area contributed by atoms with Crippen molar-refractivity contribution in [2.75, 3.05) is 7.11 Å². The van der Waals surface area contributed by atoms with E-state index in [1.807, 2.05) is 23.0 Å². The lowest BCUT2D eigenvalue weighted by atomic mass is 9.50. The Morgan fingerprint density at radius 3 is 2.70 bits per heavy atom. The molecule has 0 amide bonds. The van der Waals surface area contributed by atoms with Crippen LogP contribution in [0.1, 0.15) is 36.4 Å². The normalized spacial score (nSPS) is 24.1. The highest BCUT2D eigenvalue weighted by Gasteiger charge is 2.59. The molecule has 7 nitrogen and oxygen atoms in total. The molecule has 0 spiro atoms. The van der Waals surface area contributed by atoms with E-state index >= 15 is 0 Å². The van der Waals surface area contributed by atoms with Crippen LogP contribution in [0.3, 0.4) is 0 Å². The van der Waals surface area contributed by atoms with Crippen LogP contribution in [-0.2, 0) is 22.1 Å². The quantitative estimate of drug-likeness (QED) is 0.661. The summed E-state index contributed by atoms with van der Waals surface area (Å²) in [7, 11) is 3.08. The van der Waals surface area contributed by atoms with Gasteiger partial charge in [-0.05, 0) is 48.3 Å². The highest BCUT2D eigenvalue weighted by atomic mass is 16.5. The number of carbonyl (C=O) groups excluding carboxylic acids is 1. The Morgan fingerprint density at radius 1 is 1.26 bits per heavy atom. The van der Waals surface area contributed by atoms with E-state index < -0.39 is 11.9 Å². The molecule has 2 heterocycles. The largest absolute Gasteiger partial charge is 0.468 e. The van der Waals surface area contributed by atoms with Gasteiger partial charge in [-0.15, -0.1) is 5.10 Å². The first-order chi connectivity index (χ1) is 13.0. The van der Waals surface area contributed by atoms with Crippen LogP contribution in [0.15, 0.2) is 41.5 Å². The number of rotatable bonds is 4. The Bertz CT molecular complexity index is 1110. The molecule has 1 atom stereocenters. The van der Waals surface area contributed by atoms with E-state index in [-0.39, 0.29) is 11.1 Å². The van der Waals surface area contributed by atoms with Crippen molar-refractivity contribution < 1.29 is 9.53 Å². The Kier molecular flexibility index (Phi) is 3.32. The number of nitrogens with zero attached hydrogens (tertiary/aromatic N) is 4. The standard InChI is InChI=1S/C20H20N4O3/c1-23-7-6-13-14(4-3-5-15(13)18(23)25)17(19(26)27-2)16-11-24(22-21-16)20-8-12(9-20)10-20/h3-7,11-12,17H,8-10H2,1-2H3. The van der Waals surface area contributed by atoms with Crippen molar-refractivity contribution in [3.63, 3.8) is 0 Å². The number of carbonyl (C=O) groups is 1. The average Bonchev–Trinajstić information content (AvgIpc) is 3.05. The van der Waals surface area contributed by atoms with Crippen molar-refractivity contribution in [3.8, 4) is 0 Å². The van der Waals surface area contributed by atoms with Gasteiger partial charge in [-0.25, -0.2) is 4.68 Å². The number of esters is 1. The lowest BCUT2D eigenvalue weighted by Crippen LogP contribution is -2.59. The Hall–Kier alpha value is -2.96. The number of aromatic nitrogens is 4. The fraction of sp³-hybridized carbons (Fsp3) is 0.400. The molecule has 0 saturated heterocycles. The van der Waals surface area contributed by atoms with Gasteiger partial charge in [-0.1, -0.05) is 17.3 Å². The zero-order valence-electron chi connectivity index (χ0n) is 15.3. The molecule has 6 rings (SSSR count). The van der Waals surface area contributed by atoms with Gasteiger partial charge >= 0.3 is 5.97 Å². The van der Waals surface area contributed by atoms with Crippen molar-refractivity contribution in [1.29, 1.82) is 0 Å². The summed E-state index contributed by atoms with van der Waals surface area (Å²) in [5.41, 5.74) is 1.27. The van der Waals surface area contributed by atoms with Gasteiger partial charge in [0.15, 0.2) is 0 Å². The van der Waals surface area contributed by atoms with Crippen molar-refractivity contribution in [1.82, 2.24) is 19.6 Å². The topological polar surface area (TPSA) is 79.0 Å². The number of fused-ring (bicyclic) bond motifs is 1. The fourth-order valence-electron chi connectivity index (χ4n) is 4.53. The van der Waals surface area contributed by atoms with Crippen molar-refractivity contribution in [2.45, 2.75) is 30.7 Å². The lowest BCUT2D eigenvalue weighted by molar-refractivity contribution is -0.141. The number of ether oxygens (including phenoxy) is 1. The van der Waals surface area contributed by atoms with Crippen LogP contribution in [0, 0.1) is 5.92 Å². The second-order valence-electron chi connectivity index (χ2n) is 7.79. The van der Waals surface area contributed by atoms with Crippen LogP contribution in [0.25, 0.3) is 10.8 Å². The molecule has 2 aromatic heterocycles. The molecule has 0 N–H and O–H groups in total. The molecule has 0 radical (unpaired) electrons. The van der Waals surface area contributed by atoms with E-state index in [2.05, 4.69) is 10.3 Å². The van der Waals surface area contributed by atoms with Gasteiger partial charge in [0, 0.05) is 18.6 Å². The molecule has 7 heteroatoms. The van der Waals surface area contributed by atoms with E-state index in [4.69, 9.17) is 4.74 Å². The van der Waals surface area contributed by atoms with E-state index in [0.29, 0.717) is 16.6 Å². The minimum Gasteiger partial charge on any atom is -0.468 e. The molecule has 1 unspecified atom stereocenters. The predicted molar refractivity (Wildman–Crippen MR) is 98.4 cm³/mol. The van der Waals surface area contributed by atoms with E-state index in [0.717, 1.165) is 30.6 Å². The number of benzene rings is 1. The zero-order valence-corrected chi connectivity index (χ0v) is 15.3. The van der Waals surface area contributed by atoms with Crippen LogP contribution >= 0.6 is 0 Å². The monoisotopic (exact) mass is 364 g/mol. The van der Waals surface area contributed by atoms with Crippen molar-refractivity contribution in [2.24, 2.45) is 13.0 Å². The summed E-state index contributed by atoms with van der Waals surface area (Å²) < 4.78 is 8.52. The average molecular weight is 364 g/mol. The van der Waals surface area contributed by atoms with Crippen molar-refractivity contribution >= 4 is 16.7 Å². The maximum absolute atomic E-state index is 12.7. The second-order valence-corrected chi connectivity index (χ2v) is 7.79. The summed E-state index contributed by atoms with van der Waals surface area (Å²) in [5, 5.41) is 9.93. The van der Waals surface area contributed by atoms with Gasteiger partial charge in [0.1, 0.15) is 11.6 Å². The molecule has 3 aromatic rings. The van der Waals surface area contributed by atoms with Crippen LogP contribution in [0.5, 0.6) is 0 Å². The number of hydrogen-bond donors (Lipinski definition) is 0. The molecule has 3 fully saturated rings. The minimum absolute atomic E-state index is 0.101. The molecule has 27 heavy (non-hydrogen) atoms. The first-order valence-electron chi connectivity index (χ1n) is 9.11. The third-order valence-electron chi connectivity index (χ3n) is 6.20. The molecule has 3 aliphatic rings. The van der Waals surface area contributed by atoms with Crippen LogP contribution in [0.4, 0.5) is 0 Å². The van der Waals surface area contributed by atoms with Gasteiger partial charge in [0.25, 0.3) is 5.56 Å².